The van der Waals surface area contributed by atoms with E-state index in [4.69, 9.17) is 9.15 Å². The maximum absolute atomic E-state index is 11.9. The number of rotatable bonds is 14. The molecule has 4 heteroatoms. The summed E-state index contributed by atoms with van der Waals surface area (Å²) in [4.78, 5) is 11.9. The third-order valence-electron chi connectivity index (χ3n) is 4.60. The minimum atomic E-state index is -0.294. The zero-order chi connectivity index (χ0) is 18.5. The van der Waals surface area contributed by atoms with Crippen molar-refractivity contribution in [2.75, 3.05) is 0 Å². The van der Waals surface area contributed by atoms with E-state index in [2.05, 4.69) is 6.92 Å². The lowest BCUT2D eigenvalue weighted by Gasteiger charge is -2.04. The second-order valence-corrected chi connectivity index (χ2v) is 6.87. The van der Waals surface area contributed by atoms with E-state index in [0.717, 1.165) is 12.8 Å². The smallest absolute Gasteiger partial charge is 0.311 e. The van der Waals surface area contributed by atoms with E-state index >= 15 is 0 Å². The fourth-order valence-electron chi connectivity index (χ4n) is 3.03. The summed E-state index contributed by atoms with van der Waals surface area (Å²) in [6.45, 7) is 5.83. The SMILES string of the molecule is CCCCCCCCCCCCCC(=O)Oc1c(C)oc(CC)c1O. The molecule has 1 aromatic heterocycles. The molecule has 1 N–H and O–H groups in total. The number of carbonyl (C=O) groups excluding carboxylic acids is 1. The van der Waals surface area contributed by atoms with Crippen LogP contribution in [0.4, 0.5) is 0 Å². The Balaban J connectivity index is 2.05. The minimum Gasteiger partial charge on any atom is -0.502 e. The molecular formula is C21H36O4. The van der Waals surface area contributed by atoms with Crippen molar-refractivity contribution >= 4 is 5.97 Å². The van der Waals surface area contributed by atoms with Crippen LogP contribution in [0.3, 0.4) is 0 Å². The van der Waals surface area contributed by atoms with Gasteiger partial charge in [0.2, 0.25) is 11.5 Å². The molecule has 0 atom stereocenters. The molecule has 0 saturated heterocycles. The zero-order valence-corrected chi connectivity index (χ0v) is 16.4. The number of hydrogen-bond acceptors (Lipinski definition) is 4. The van der Waals surface area contributed by atoms with Crippen LogP contribution in [0.1, 0.15) is 102 Å². The minimum absolute atomic E-state index is 0.0349. The Hall–Kier alpha value is -1.45. The van der Waals surface area contributed by atoms with Crippen molar-refractivity contribution in [3.05, 3.63) is 11.5 Å². The first-order chi connectivity index (χ1) is 12.1. The van der Waals surface area contributed by atoms with Gasteiger partial charge >= 0.3 is 5.97 Å². The van der Waals surface area contributed by atoms with Gasteiger partial charge < -0.3 is 14.3 Å². The number of furan rings is 1. The van der Waals surface area contributed by atoms with Crippen LogP contribution < -0.4 is 4.74 Å². The predicted octanol–water partition coefficient (Wildman–Crippen LogP) is 6.46. The first kappa shape index (κ1) is 21.6. The molecule has 0 aliphatic rings. The summed E-state index contributed by atoms with van der Waals surface area (Å²) in [6, 6.07) is 0. The first-order valence-electron chi connectivity index (χ1n) is 10.1. The van der Waals surface area contributed by atoms with Crippen molar-refractivity contribution in [3.8, 4) is 11.5 Å². The van der Waals surface area contributed by atoms with Crippen LogP contribution in [-0.4, -0.2) is 11.1 Å². The van der Waals surface area contributed by atoms with Crippen LogP contribution in [0.2, 0.25) is 0 Å². The lowest BCUT2D eigenvalue weighted by molar-refractivity contribution is -0.134. The molecule has 0 aliphatic carbocycles. The van der Waals surface area contributed by atoms with E-state index in [-0.39, 0.29) is 17.5 Å². The number of ether oxygens (including phenoxy) is 1. The zero-order valence-electron chi connectivity index (χ0n) is 16.4. The Labute approximate surface area is 152 Å². The number of aryl methyl sites for hydroxylation is 2. The molecule has 1 heterocycles. The molecule has 1 aromatic rings. The van der Waals surface area contributed by atoms with Crippen molar-refractivity contribution in [1.82, 2.24) is 0 Å². The highest BCUT2D eigenvalue weighted by Crippen LogP contribution is 2.37. The second-order valence-electron chi connectivity index (χ2n) is 6.87. The van der Waals surface area contributed by atoms with Crippen LogP contribution >= 0.6 is 0 Å². The van der Waals surface area contributed by atoms with Crippen LogP contribution in [0.25, 0.3) is 0 Å². The Morgan fingerprint density at radius 1 is 0.920 bits per heavy atom. The van der Waals surface area contributed by atoms with E-state index in [1.165, 1.54) is 57.8 Å². The molecule has 0 bridgehead atoms. The normalized spacial score (nSPS) is 11.0. The first-order valence-corrected chi connectivity index (χ1v) is 10.1. The summed E-state index contributed by atoms with van der Waals surface area (Å²) in [6.07, 6.45) is 14.7. The van der Waals surface area contributed by atoms with Gasteiger partial charge in [-0.2, -0.15) is 0 Å². The number of carbonyl (C=O) groups is 1. The number of aromatic hydroxyl groups is 1. The molecule has 1 rings (SSSR count). The van der Waals surface area contributed by atoms with E-state index in [9.17, 15) is 9.90 Å². The van der Waals surface area contributed by atoms with E-state index < -0.39 is 0 Å². The molecule has 0 aromatic carbocycles. The summed E-state index contributed by atoms with van der Waals surface area (Å²) in [5, 5.41) is 9.95. The van der Waals surface area contributed by atoms with Gasteiger partial charge in [0.05, 0.1) is 0 Å². The third-order valence-corrected chi connectivity index (χ3v) is 4.60. The summed E-state index contributed by atoms with van der Waals surface area (Å²) in [5.74, 6) is 0.784. The lowest BCUT2D eigenvalue weighted by atomic mass is 10.1. The van der Waals surface area contributed by atoms with Gasteiger partial charge in [-0.15, -0.1) is 0 Å². The highest BCUT2D eigenvalue weighted by Gasteiger charge is 2.19. The van der Waals surface area contributed by atoms with Gasteiger partial charge in [0.25, 0.3) is 0 Å². The molecule has 0 unspecified atom stereocenters. The van der Waals surface area contributed by atoms with Crippen molar-refractivity contribution in [1.29, 1.82) is 0 Å². The molecule has 144 valence electrons. The number of unbranched alkanes of at least 4 members (excludes halogenated alkanes) is 10. The van der Waals surface area contributed by atoms with Crippen molar-refractivity contribution < 1.29 is 19.1 Å². The Morgan fingerprint density at radius 3 is 1.92 bits per heavy atom. The van der Waals surface area contributed by atoms with Gasteiger partial charge in [0, 0.05) is 12.8 Å². The van der Waals surface area contributed by atoms with Gasteiger partial charge in [-0.1, -0.05) is 78.1 Å². The fraction of sp³-hybridized carbons (Fsp3) is 0.762. The average molecular weight is 353 g/mol. The quantitative estimate of drug-likeness (QED) is 0.308. The maximum Gasteiger partial charge on any atom is 0.311 e. The van der Waals surface area contributed by atoms with Gasteiger partial charge in [-0.25, -0.2) is 0 Å². The second kappa shape index (κ2) is 12.8. The topological polar surface area (TPSA) is 59.7 Å². The van der Waals surface area contributed by atoms with E-state index in [1.807, 2.05) is 6.92 Å². The largest absolute Gasteiger partial charge is 0.502 e. The van der Waals surface area contributed by atoms with Gasteiger partial charge in [0.1, 0.15) is 11.5 Å². The average Bonchev–Trinajstić information content (AvgIpc) is 2.87. The standard InChI is InChI=1S/C21H36O4/c1-4-6-7-8-9-10-11-12-13-14-15-16-19(22)25-21-17(3)24-18(5-2)20(21)23/h23H,4-16H2,1-3H3. The Morgan fingerprint density at radius 2 is 1.44 bits per heavy atom. The molecule has 0 fully saturated rings. The Bertz CT molecular complexity index is 490. The van der Waals surface area contributed by atoms with Crippen LogP contribution in [0.5, 0.6) is 11.5 Å². The van der Waals surface area contributed by atoms with Crippen LogP contribution in [0, 0.1) is 6.92 Å². The number of esters is 1. The van der Waals surface area contributed by atoms with Crippen molar-refractivity contribution in [3.63, 3.8) is 0 Å². The van der Waals surface area contributed by atoms with Gasteiger partial charge in [-0.3, -0.25) is 4.79 Å². The molecule has 0 radical (unpaired) electrons. The monoisotopic (exact) mass is 352 g/mol. The third kappa shape index (κ3) is 8.46. The lowest BCUT2D eigenvalue weighted by Crippen LogP contribution is -2.07. The Kier molecular flexibility index (Phi) is 11.1. The summed E-state index contributed by atoms with van der Waals surface area (Å²) < 4.78 is 10.6. The number of hydrogen-bond donors (Lipinski definition) is 1. The summed E-state index contributed by atoms with van der Waals surface area (Å²) in [5.41, 5.74) is 0. The highest BCUT2D eigenvalue weighted by atomic mass is 16.6. The van der Waals surface area contributed by atoms with Gasteiger partial charge in [0.15, 0.2) is 0 Å². The van der Waals surface area contributed by atoms with Crippen molar-refractivity contribution in [2.45, 2.75) is 104 Å². The van der Waals surface area contributed by atoms with E-state index in [0.29, 0.717) is 24.4 Å². The molecule has 0 saturated carbocycles. The molecular weight excluding hydrogens is 316 g/mol. The van der Waals surface area contributed by atoms with Crippen LogP contribution in [0.15, 0.2) is 4.42 Å². The maximum atomic E-state index is 11.9. The molecule has 0 spiro atoms. The van der Waals surface area contributed by atoms with Crippen LogP contribution in [-0.2, 0) is 11.2 Å². The summed E-state index contributed by atoms with van der Waals surface area (Å²) in [7, 11) is 0. The molecule has 4 nitrogen and oxygen atoms in total. The molecule has 25 heavy (non-hydrogen) atoms. The highest BCUT2D eigenvalue weighted by molar-refractivity contribution is 5.73. The van der Waals surface area contributed by atoms with Gasteiger partial charge in [-0.05, 0) is 13.3 Å². The molecule has 0 aliphatic heterocycles. The van der Waals surface area contributed by atoms with Crippen molar-refractivity contribution in [2.24, 2.45) is 0 Å². The predicted molar refractivity (Wildman–Crippen MR) is 101 cm³/mol. The van der Waals surface area contributed by atoms with E-state index in [1.54, 1.807) is 6.92 Å². The fourth-order valence-corrected chi connectivity index (χ4v) is 3.03. The molecule has 0 amide bonds. The summed E-state index contributed by atoms with van der Waals surface area (Å²) >= 11 is 0.